The summed E-state index contributed by atoms with van der Waals surface area (Å²) in [5.41, 5.74) is 3.68. The van der Waals surface area contributed by atoms with Crippen LogP contribution in [0.3, 0.4) is 0 Å². The number of aromatic nitrogens is 6. The van der Waals surface area contributed by atoms with Gasteiger partial charge < -0.3 is 14.6 Å². The maximum atomic E-state index is 11.3. The highest BCUT2D eigenvalue weighted by Gasteiger charge is 2.28. The molecule has 1 aliphatic carbocycles. The third kappa shape index (κ3) is 5.27. The van der Waals surface area contributed by atoms with Gasteiger partial charge in [0.05, 0.1) is 23.4 Å². The molecule has 10 heteroatoms. The van der Waals surface area contributed by atoms with Crippen molar-refractivity contribution in [3.05, 3.63) is 41.6 Å². The summed E-state index contributed by atoms with van der Waals surface area (Å²) < 4.78 is 13.6. The third-order valence-corrected chi connectivity index (χ3v) is 5.91. The molecule has 4 rings (SSSR count). The van der Waals surface area contributed by atoms with E-state index in [4.69, 9.17) is 9.47 Å². The first kappa shape index (κ1) is 22.6. The Kier molecular flexibility index (Phi) is 6.81. The van der Waals surface area contributed by atoms with Crippen LogP contribution in [0.1, 0.15) is 49.7 Å². The molecule has 1 fully saturated rings. The van der Waals surface area contributed by atoms with Crippen LogP contribution in [0.4, 0.5) is 0 Å². The number of pyridine rings is 1. The predicted molar refractivity (Wildman–Crippen MR) is 119 cm³/mol. The Balaban J connectivity index is 1.48. The highest BCUT2D eigenvalue weighted by atomic mass is 16.5. The summed E-state index contributed by atoms with van der Waals surface area (Å²) in [6.07, 6.45) is 5.09. The standard InChI is InChI=1S/C23H28N6O4/c1-4-16-11-21(25-13-24-16)32-12-19-22(27-28-29(19)3)18-8-9-20(14(2)26-18)33-17-7-5-6-15(10-17)23(30)31/h8-9,11,13,15,17H,4-7,10,12H2,1-3H3,(H,30,31)/t15-,17?/m1/s1. The zero-order valence-corrected chi connectivity index (χ0v) is 19.1. The molecule has 33 heavy (non-hydrogen) atoms. The Hall–Kier alpha value is -3.56. The minimum Gasteiger partial charge on any atom is -0.489 e. The quantitative estimate of drug-likeness (QED) is 0.548. The smallest absolute Gasteiger partial charge is 0.306 e. The first-order valence-electron chi connectivity index (χ1n) is 11.1. The second kappa shape index (κ2) is 9.93. The van der Waals surface area contributed by atoms with Crippen LogP contribution in [0.5, 0.6) is 11.6 Å². The fourth-order valence-electron chi connectivity index (χ4n) is 3.99. The number of carboxylic acids is 1. The van der Waals surface area contributed by atoms with Gasteiger partial charge in [-0.15, -0.1) is 5.10 Å². The van der Waals surface area contributed by atoms with Crippen LogP contribution in [0, 0.1) is 12.8 Å². The summed E-state index contributed by atoms with van der Waals surface area (Å²) in [5, 5.41) is 17.7. The number of aryl methyl sites for hydroxylation is 3. The molecule has 0 bridgehead atoms. The molecule has 0 radical (unpaired) electrons. The second-order valence-electron chi connectivity index (χ2n) is 8.22. The predicted octanol–water partition coefficient (Wildman–Crippen LogP) is 3.14. The molecule has 3 aromatic heterocycles. The van der Waals surface area contributed by atoms with Crippen LogP contribution in [0.2, 0.25) is 0 Å². The lowest BCUT2D eigenvalue weighted by molar-refractivity contribution is -0.143. The van der Waals surface area contributed by atoms with E-state index in [0.29, 0.717) is 41.6 Å². The molecule has 3 aromatic rings. The van der Waals surface area contributed by atoms with Gasteiger partial charge in [0.25, 0.3) is 0 Å². The van der Waals surface area contributed by atoms with E-state index in [-0.39, 0.29) is 18.6 Å². The normalized spacial score (nSPS) is 18.2. The van der Waals surface area contributed by atoms with Crippen molar-refractivity contribution < 1.29 is 19.4 Å². The molecule has 0 amide bonds. The van der Waals surface area contributed by atoms with Gasteiger partial charge in [-0.1, -0.05) is 12.1 Å². The number of ether oxygens (including phenoxy) is 2. The van der Waals surface area contributed by atoms with E-state index in [9.17, 15) is 9.90 Å². The van der Waals surface area contributed by atoms with Crippen molar-refractivity contribution in [2.45, 2.75) is 58.7 Å². The molecule has 0 aromatic carbocycles. The zero-order valence-electron chi connectivity index (χ0n) is 19.1. The van der Waals surface area contributed by atoms with Crippen LogP contribution in [-0.4, -0.2) is 47.1 Å². The number of aliphatic carboxylic acids is 1. The largest absolute Gasteiger partial charge is 0.489 e. The van der Waals surface area contributed by atoms with E-state index in [1.165, 1.54) is 6.33 Å². The van der Waals surface area contributed by atoms with Crippen LogP contribution in [0.25, 0.3) is 11.4 Å². The van der Waals surface area contributed by atoms with Crippen molar-refractivity contribution in [2.24, 2.45) is 13.0 Å². The molecule has 1 saturated carbocycles. The molecule has 10 nitrogen and oxygen atoms in total. The molecule has 1 N–H and O–H groups in total. The fraction of sp³-hybridized carbons (Fsp3) is 0.478. The van der Waals surface area contributed by atoms with Gasteiger partial charge in [0.1, 0.15) is 30.1 Å². The van der Waals surface area contributed by atoms with Gasteiger partial charge in [-0.25, -0.2) is 19.6 Å². The molecule has 0 aliphatic heterocycles. The zero-order chi connectivity index (χ0) is 23.4. The summed E-state index contributed by atoms with van der Waals surface area (Å²) in [7, 11) is 1.80. The molecular formula is C23H28N6O4. The first-order valence-corrected chi connectivity index (χ1v) is 11.1. The van der Waals surface area contributed by atoms with Crippen molar-refractivity contribution in [1.29, 1.82) is 0 Å². The Morgan fingerprint density at radius 2 is 2.12 bits per heavy atom. The molecule has 1 unspecified atom stereocenters. The Morgan fingerprint density at radius 3 is 2.88 bits per heavy atom. The number of carbonyl (C=O) groups is 1. The molecule has 0 spiro atoms. The molecule has 1 aliphatic rings. The number of rotatable bonds is 8. The van der Waals surface area contributed by atoms with Crippen LogP contribution < -0.4 is 9.47 Å². The van der Waals surface area contributed by atoms with Gasteiger partial charge in [0, 0.05) is 18.8 Å². The molecule has 2 atom stereocenters. The SMILES string of the molecule is CCc1cc(OCc2c(-c3ccc(OC4CCC[C@@H](C(=O)O)C4)c(C)n3)nnn2C)ncn1. The van der Waals surface area contributed by atoms with Gasteiger partial charge in [-0.3, -0.25) is 4.79 Å². The monoisotopic (exact) mass is 452 g/mol. The maximum Gasteiger partial charge on any atom is 0.306 e. The topological polar surface area (TPSA) is 125 Å². The minimum absolute atomic E-state index is 0.118. The Bertz CT molecular complexity index is 1130. The second-order valence-corrected chi connectivity index (χ2v) is 8.22. The summed E-state index contributed by atoms with van der Waals surface area (Å²) in [5.74, 6) is 0.0547. The summed E-state index contributed by atoms with van der Waals surface area (Å²) in [6, 6.07) is 5.52. The number of nitrogens with zero attached hydrogens (tertiary/aromatic N) is 6. The Morgan fingerprint density at radius 1 is 1.27 bits per heavy atom. The molecule has 0 saturated heterocycles. The fourth-order valence-corrected chi connectivity index (χ4v) is 3.99. The van der Waals surface area contributed by atoms with Crippen molar-refractivity contribution in [2.75, 3.05) is 0 Å². The lowest BCUT2D eigenvalue weighted by atomic mass is 9.87. The number of hydrogen-bond acceptors (Lipinski definition) is 8. The van der Waals surface area contributed by atoms with Crippen molar-refractivity contribution >= 4 is 5.97 Å². The van der Waals surface area contributed by atoms with Gasteiger partial charge in [-0.05, 0) is 51.2 Å². The van der Waals surface area contributed by atoms with Crippen LogP contribution in [0.15, 0.2) is 24.5 Å². The number of carboxylic acid groups (broad SMARTS) is 1. The maximum absolute atomic E-state index is 11.3. The molecular weight excluding hydrogens is 424 g/mol. The van der Waals surface area contributed by atoms with Crippen LogP contribution >= 0.6 is 0 Å². The van der Waals surface area contributed by atoms with E-state index in [0.717, 1.165) is 30.7 Å². The Labute approximate surface area is 192 Å². The highest BCUT2D eigenvalue weighted by Crippen LogP contribution is 2.30. The summed E-state index contributed by atoms with van der Waals surface area (Å²) >= 11 is 0. The van der Waals surface area contributed by atoms with Crippen molar-refractivity contribution in [3.63, 3.8) is 0 Å². The first-order chi connectivity index (χ1) is 15.9. The summed E-state index contributed by atoms with van der Waals surface area (Å²) in [4.78, 5) is 24.4. The minimum atomic E-state index is -0.751. The van der Waals surface area contributed by atoms with E-state index in [1.54, 1.807) is 11.7 Å². The van der Waals surface area contributed by atoms with E-state index >= 15 is 0 Å². The molecule has 174 valence electrons. The average molecular weight is 453 g/mol. The average Bonchev–Trinajstić information content (AvgIpc) is 3.19. The third-order valence-electron chi connectivity index (χ3n) is 5.91. The summed E-state index contributed by atoms with van der Waals surface area (Å²) in [6.45, 7) is 4.13. The van der Waals surface area contributed by atoms with Gasteiger partial charge in [0.15, 0.2) is 0 Å². The van der Waals surface area contributed by atoms with Gasteiger partial charge in [0.2, 0.25) is 5.88 Å². The van der Waals surface area contributed by atoms with Gasteiger partial charge >= 0.3 is 5.97 Å². The lowest BCUT2D eigenvalue weighted by Crippen LogP contribution is -2.29. The highest BCUT2D eigenvalue weighted by molar-refractivity contribution is 5.70. The van der Waals surface area contributed by atoms with Gasteiger partial charge in [-0.2, -0.15) is 0 Å². The van der Waals surface area contributed by atoms with Crippen LogP contribution in [-0.2, 0) is 24.9 Å². The van der Waals surface area contributed by atoms with E-state index in [1.807, 2.05) is 32.0 Å². The van der Waals surface area contributed by atoms with Crippen molar-refractivity contribution in [1.82, 2.24) is 29.9 Å². The lowest BCUT2D eigenvalue weighted by Gasteiger charge is -2.27. The van der Waals surface area contributed by atoms with E-state index in [2.05, 4.69) is 25.3 Å². The molecule has 3 heterocycles. The van der Waals surface area contributed by atoms with E-state index < -0.39 is 5.97 Å². The number of hydrogen-bond donors (Lipinski definition) is 1. The van der Waals surface area contributed by atoms with Crippen molar-refractivity contribution in [3.8, 4) is 23.0 Å².